The molecular weight excluding hydrogens is 399 g/mol. The molecule has 0 bridgehead atoms. The number of fused-ring (bicyclic) bond motifs is 1. The molecule has 0 saturated carbocycles. The van der Waals surface area contributed by atoms with Gasteiger partial charge >= 0.3 is 0 Å². The average molecular weight is 447 g/mol. The molecule has 0 spiro atoms. The summed E-state index contributed by atoms with van der Waals surface area (Å²) >= 11 is 0. The Morgan fingerprint density at radius 1 is 0.806 bits per heavy atom. The van der Waals surface area contributed by atoms with Crippen LogP contribution in [0.2, 0.25) is 0 Å². The molecule has 2 aliphatic heterocycles. The lowest BCUT2D eigenvalue weighted by Crippen LogP contribution is -2.20. The minimum atomic E-state index is -0.600. The molecule has 0 N–H and O–H groups in total. The Bertz CT molecular complexity index is 570. The smallest absolute Gasteiger partial charge is 0.218 e. The van der Waals surface area contributed by atoms with Gasteiger partial charge in [0.1, 0.15) is 0 Å². The van der Waals surface area contributed by atoms with E-state index in [1.54, 1.807) is 0 Å². The molecule has 0 aliphatic carbocycles. The zero-order valence-electron chi connectivity index (χ0n) is 20.1. The van der Waals surface area contributed by atoms with Gasteiger partial charge in [0.15, 0.2) is 0 Å². The van der Waals surface area contributed by atoms with E-state index >= 15 is 0 Å². The van der Waals surface area contributed by atoms with E-state index in [1.807, 2.05) is 0 Å². The van der Waals surface area contributed by atoms with Gasteiger partial charge in [0.05, 0.1) is 6.61 Å². The second-order valence-corrected chi connectivity index (χ2v) is 11.3. The maximum absolute atomic E-state index is 6.51. The Labute approximate surface area is 193 Å². The third-order valence-electron chi connectivity index (χ3n) is 6.91. The predicted octanol–water partition coefficient (Wildman–Crippen LogP) is 8.70. The second kappa shape index (κ2) is 15.3. The molecule has 1 unspecified atom stereocenters. The van der Waals surface area contributed by atoms with Gasteiger partial charge in [-0.1, -0.05) is 109 Å². The topological polar surface area (TPSA) is 15.7 Å². The summed E-state index contributed by atoms with van der Waals surface area (Å²) in [5, 5.41) is 0. The highest BCUT2D eigenvalue weighted by atomic mass is 31.2. The number of para-hydroxylation sites is 1. The van der Waals surface area contributed by atoms with Crippen molar-refractivity contribution in [1.29, 1.82) is 0 Å². The van der Waals surface area contributed by atoms with Crippen molar-refractivity contribution in [2.24, 2.45) is 0 Å². The normalized spacial score (nSPS) is 21.1. The van der Waals surface area contributed by atoms with Crippen LogP contribution >= 0.6 is 8.45 Å². The Hall–Kier alpha value is -0.630. The summed E-state index contributed by atoms with van der Waals surface area (Å²) in [6.45, 7) is 5.59. The van der Waals surface area contributed by atoms with Gasteiger partial charge in [-0.05, 0) is 31.4 Å². The van der Waals surface area contributed by atoms with Crippen LogP contribution in [-0.4, -0.2) is 30.4 Å². The van der Waals surface area contributed by atoms with E-state index in [2.05, 4.69) is 46.6 Å². The Morgan fingerprint density at radius 2 is 1.39 bits per heavy atom. The van der Waals surface area contributed by atoms with Crippen LogP contribution in [0.4, 0.5) is 5.69 Å². The molecule has 2 fully saturated rings. The van der Waals surface area contributed by atoms with Crippen molar-refractivity contribution in [1.82, 2.24) is 4.67 Å². The first-order valence-corrected chi connectivity index (χ1v) is 14.6. The van der Waals surface area contributed by atoms with Crippen LogP contribution in [-0.2, 0) is 4.52 Å². The molecule has 2 aliphatic rings. The lowest BCUT2D eigenvalue weighted by molar-refractivity contribution is 0.304. The molecule has 31 heavy (non-hydrogen) atoms. The highest BCUT2D eigenvalue weighted by Crippen LogP contribution is 2.56. The van der Waals surface area contributed by atoms with Gasteiger partial charge in [0, 0.05) is 24.8 Å². The van der Waals surface area contributed by atoms with Crippen molar-refractivity contribution in [3.8, 4) is 0 Å². The molecular formula is C27H47N2OP. The highest BCUT2D eigenvalue weighted by Gasteiger charge is 2.43. The number of rotatable bonds is 17. The molecule has 4 heteroatoms. The van der Waals surface area contributed by atoms with Crippen molar-refractivity contribution in [3.05, 3.63) is 30.3 Å². The zero-order valence-corrected chi connectivity index (χ0v) is 21.0. The first-order valence-electron chi connectivity index (χ1n) is 13.4. The Morgan fingerprint density at radius 3 is 2.00 bits per heavy atom. The van der Waals surface area contributed by atoms with Gasteiger partial charge in [-0.2, -0.15) is 0 Å². The molecule has 3 rings (SSSR count). The minimum absolute atomic E-state index is 0.600. The molecule has 2 heterocycles. The molecule has 1 aromatic carbocycles. The maximum Gasteiger partial charge on any atom is 0.218 e. The van der Waals surface area contributed by atoms with Crippen LogP contribution in [0.15, 0.2) is 30.3 Å². The number of benzene rings is 1. The van der Waals surface area contributed by atoms with E-state index in [-0.39, 0.29) is 0 Å². The summed E-state index contributed by atoms with van der Waals surface area (Å²) in [6.07, 6.45) is 22.4. The lowest BCUT2D eigenvalue weighted by Gasteiger charge is -2.29. The average Bonchev–Trinajstić information content (AvgIpc) is 3.39. The summed E-state index contributed by atoms with van der Waals surface area (Å²) in [5.41, 5.74) is 1.34. The molecule has 0 aromatic heterocycles. The van der Waals surface area contributed by atoms with E-state index in [9.17, 15) is 0 Å². The van der Waals surface area contributed by atoms with Gasteiger partial charge in [-0.3, -0.25) is 0 Å². The number of nitrogens with zero attached hydrogens (tertiary/aromatic N) is 2. The zero-order chi connectivity index (χ0) is 21.6. The van der Waals surface area contributed by atoms with Gasteiger partial charge in [-0.15, -0.1) is 0 Å². The van der Waals surface area contributed by atoms with Crippen LogP contribution in [0.25, 0.3) is 0 Å². The highest BCUT2D eigenvalue weighted by molar-refractivity contribution is 7.52. The van der Waals surface area contributed by atoms with Crippen molar-refractivity contribution in [2.45, 2.75) is 116 Å². The molecule has 0 amide bonds. The Balaban J connectivity index is 1.19. The van der Waals surface area contributed by atoms with E-state index in [4.69, 9.17) is 4.52 Å². The van der Waals surface area contributed by atoms with E-state index in [0.717, 1.165) is 13.2 Å². The van der Waals surface area contributed by atoms with Crippen molar-refractivity contribution in [3.63, 3.8) is 0 Å². The van der Waals surface area contributed by atoms with Crippen LogP contribution in [0, 0.1) is 0 Å². The fraction of sp³-hybridized carbons (Fsp3) is 0.778. The van der Waals surface area contributed by atoms with Gasteiger partial charge < -0.3 is 9.19 Å². The SMILES string of the molecule is CCCCCCCCCCCCCCCCOP1N(c2ccccc2)C[C@@H]2CCCN21. The van der Waals surface area contributed by atoms with Gasteiger partial charge in [-0.25, -0.2) is 4.67 Å². The summed E-state index contributed by atoms with van der Waals surface area (Å²) in [6, 6.07) is 11.6. The monoisotopic (exact) mass is 446 g/mol. The van der Waals surface area contributed by atoms with Gasteiger partial charge in [0.2, 0.25) is 8.45 Å². The summed E-state index contributed by atoms with van der Waals surface area (Å²) in [4.78, 5) is 0. The number of unbranched alkanes of at least 4 members (excludes halogenated alkanes) is 13. The molecule has 3 nitrogen and oxygen atoms in total. The van der Waals surface area contributed by atoms with Crippen molar-refractivity contribution >= 4 is 14.1 Å². The predicted molar refractivity (Wildman–Crippen MR) is 137 cm³/mol. The summed E-state index contributed by atoms with van der Waals surface area (Å²) in [5.74, 6) is 0. The van der Waals surface area contributed by atoms with Crippen molar-refractivity contribution < 1.29 is 4.52 Å². The van der Waals surface area contributed by atoms with E-state index in [0.29, 0.717) is 6.04 Å². The third-order valence-corrected chi connectivity index (χ3v) is 9.10. The molecule has 0 radical (unpaired) electrons. The standard InChI is InChI=1S/C27H47N2OP/c1-2-3-4-5-6-7-8-9-10-11-12-13-14-18-24-30-31-28-23-19-22-27(28)25-29(31)26-20-16-15-17-21-26/h15-17,20-21,27H,2-14,18-19,22-25H2,1H3/t27-,31?/m0/s1. The number of anilines is 1. The fourth-order valence-electron chi connectivity index (χ4n) is 5.03. The molecule has 176 valence electrons. The van der Waals surface area contributed by atoms with Crippen LogP contribution in [0.5, 0.6) is 0 Å². The number of hydrogen-bond donors (Lipinski definition) is 0. The van der Waals surface area contributed by atoms with Gasteiger partial charge in [0.25, 0.3) is 0 Å². The van der Waals surface area contributed by atoms with Crippen LogP contribution < -0.4 is 4.67 Å². The summed E-state index contributed by atoms with van der Waals surface area (Å²) in [7, 11) is -0.600. The molecule has 1 aromatic rings. The van der Waals surface area contributed by atoms with E-state index in [1.165, 1.54) is 115 Å². The fourth-order valence-corrected chi connectivity index (χ4v) is 7.33. The first kappa shape index (κ1) is 25.0. The third kappa shape index (κ3) is 8.67. The summed E-state index contributed by atoms with van der Waals surface area (Å²) < 4.78 is 11.7. The lowest BCUT2D eigenvalue weighted by atomic mass is 10.0. The molecule has 2 saturated heterocycles. The molecule has 2 atom stereocenters. The first-order chi connectivity index (χ1) is 15.4. The van der Waals surface area contributed by atoms with Crippen molar-refractivity contribution in [2.75, 3.05) is 24.4 Å². The minimum Gasteiger partial charge on any atom is -0.327 e. The van der Waals surface area contributed by atoms with E-state index < -0.39 is 8.45 Å². The number of hydrogen-bond acceptors (Lipinski definition) is 3. The van der Waals surface area contributed by atoms with Crippen LogP contribution in [0.1, 0.15) is 110 Å². The Kier molecular flexibility index (Phi) is 12.3. The van der Waals surface area contributed by atoms with Crippen LogP contribution in [0.3, 0.4) is 0 Å². The second-order valence-electron chi connectivity index (χ2n) is 9.56. The maximum atomic E-state index is 6.51. The quantitative estimate of drug-likeness (QED) is 0.176. The largest absolute Gasteiger partial charge is 0.327 e.